The summed E-state index contributed by atoms with van der Waals surface area (Å²) in [5.74, 6) is -0.804. The zero-order valence-corrected chi connectivity index (χ0v) is 16.6. The number of thiazole rings is 1. The van der Waals surface area contributed by atoms with Crippen LogP contribution in [0, 0.1) is 0 Å². The van der Waals surface area contributed by atoms with Crippen LogP contribution in [0.15, 0.2) is 47.2 Å². The summed E-state index contributed by atoms with van der Waals surface area (Å²) in [5.41, 5.74) is 1.90. The average molecular weight is 415 g/mol. The highest BCUT2D eigenvalue weighted by atomic mass is 32.1. The summed E-state index contributed by atoms with van der Waals surface area (Å²) in [6.45, 7) is 0.377. The van der Waals surface area contributed by atoms with Crippen molar-refractivity contribution in [2.45, 2.75) is 13.0 Å². The molecule has 7 nitrogen and oxygen atoms in total. The first-order valence-corrected chi connectivity index (χ1v) is 10.0. The number of hydrogen-bond acceptors (Lipinski definition) is 7. The topological polar surface area (TPSA) is 97.4 Å². The highest BCUT2D eigenvalue weighted by molar-refractivity contribution is 7.14. The van der Waals surface area contributed by atoms with E-state index >= 15 is 0 Å². The van der Waals surface area contributed by atoms with Gasteiger partial charge in [0.25, 0.3) is 11.8 Å². The number of ether oxygens (including phenoxy) is 1. The number of carbonyl (C=O) groups is 3. The number of amides is 2. The predicted octanol–water partition coefficient (Wildman–Crippen LogP) is 3.10. The van der Waals surface area contributed by atoms with Gasteiger partial charge in [0.2, 0.25) is 0 Å². The van der Waals surface area contributed by atoms with Crippen LogP contribution in [-0.4, -0.2) is 29.9 Å². The number of anilines is 1. The minimum atomic E-state index is -0.384. The lowest BCUT2D eigenvalue weighted by Gasteiger charge is -2.06. The second kappa shape index (κ2) is 9.25. The highest BCUT2D eigenvalue weighted by Crippen LogP contribution is 2.17. The van der Waals surface area contributed by atoms with Crippen LogP contribution in [0.4, 0.5) is 5.13 Å². The molecule has 0 atom stereocenters. The Bertz CT molecular complexity index is 965. The van der Waals surface area contributed by atoms with Crippen molar-refractivity contribution < 1.29 is 19.1 Å². The molecule has 0 spiro atoms. The van der Waals surface area contributed by atoms with E-state index in [1.54, 1.807) is 35.7 Å². The first-order chi connectivity index (χ1) is 13.5. The Morgan fingerprint density at radius 2 is 1.86 bits per heavy atom. The standard InChI is InChI=1S/C19H17N3O4S2/c1-26-16(23)9-14-11-28-19(21-14)22-17(24)13-6-4-12(5-7-13)10-20-18(25)15-3-2-8-27-15/h2-8,11H,9-10H2,1H3,(H,20,25)(H,21,22,24). The Morgan fingerprint density at radius 1 is 1.07 bits per heavy atom. The SMILES string of the molecule is COC(=O)Cc1csc(NC(=O)c2ccc(CNC(=O)c3cccs3)cc2)n1. The van der Waals surface area contributed by atoms with Crippen molar-refractivity contribution in [2.24, 2.45) is 0 Å². The maximum absolute atomic E-state index is 12.3. The molecule has 144 valence electrons. The van der Waals surface area contributed by atoms with Crippen LogP contribution in [0.5, 0.6) is 0 Å². The van der Waals surface area contributed by atoms with Crippen molar-refractivity contribution in [2.75, 3.05) is 12.4 Å². The lowest BCUT2D eigenvalue weighted by molar-refractivity contribution is -0.139. The number of esters is 1. The van der Waals surface area contributed by atoms with Gasteiger partial charge in [0.1, 0.15) is 0 Å². The molecule has 3 rings (SSSR count). The van der Waals surface area contributed by atoms with Crippen molar-refractivity contribution >= 4 is 45.6 Å². The molecule has 0 unspecified atom stereocenters. The second-order valence-corrected chi connectivity index (χ2v) is 7.51. The summed E-state index contributed by atoms with van der Waals surface area (Å²) in [7, 11) is 1.31. The highest BCUT2D eigenvalue weighted by Gasteiger charge is 2.12. The quantitative estimate of drug-likeness (QED) is 0.578. The predicted molar refractivity (Wildman–Crippen MR) is 108 cm³/mol. The van der Waals surface area contributed by atoms with E-state index < -0.39 is 0 Å². The normalized spacial score (nSPS) is 10.3. The molecule has 0 bridgehead atoms. The van der Waals surface area contributed by atoms with Gasteiger partial charge in [0.15, 0.2) is 5.13 Å². The van der Waals surface area contributed by atoms with E-state index in [0.717, 1.165) is 5.56 Å². The van der Waals surface area contributed by atoms with E-state index in [-0.39, 0.29) is 24.2 Å². The van der Waals surface area contributed by atoms with E-state index in [2.05, 4.69) is 20.4 Å². The molecule has 2 N–H and O–H groups in total. The number of thiophene rings is 1. The van der Waals surface area contributed by atoms with Crippen molar-refractivity contribution in [3.05, 3.63) is 68.9 Å². The molecule has 0 saturated carbocycles. The van der Waals surface area contributed by atoms with Crippen LogP contribution < -0.4 is 10.6 Å². The Kier molecular flexibility index (Phi) is 6.51. The summed E-state index contributed by atoms with van der Waals surface area (Å²) < 4.78 is 4.59. The first-order valence-electron chi connectivity index (χ1n) is 8.28. The van der Waals surface area contributed by atoms with Crippen LogP contribution >= 0.6 is 22.7 Å². The molecule has 0 aliphatic rings. The average Bonchev–Trinajstić information content (AvgIpc) is 3.38. The molecule has 3 aromatic rings. The van der Waals surface area contributed by atoms with Gasteiger partial charge in [-0.05, 0) is 29.1 Å². The number of nitrogens with one attached hydrogen (secondary N) is 2. The van der Waals surface area contributed by atoms with Gasteiger partial charge in [-0.25, -0.2) is 4.98 Å². The molecule has 2 aromatic heterocycles. The second-order valence-electron chi connectivity index (χ2n) is 5.71. The van der Waals surface area contributed by atoms with Crippen LogP contribution in [0.1, 0.15) is 31.3 Å². The fourth-order valence-corrected chi connectivity index (χ4v) is 3.63. The molecule has 2 heterocycles. The van der Waals surface area contributed by atoms with Crippen LogP contribution in [0.25, 0.3) is 0 Å². The largest absolute Gasteiger partial charge is 0.469 e. The van der Waals surface area contributed by atoms with Crippen molar-refractivity contribution in [3.8, 4) is 0 Å². The lowest BCUT2D eigenvalue weighted by Crippen LogP contribution is -2.21. The maximum Gasteiger partial charge on any atom is 0.311 e. The van der Waals surface area contributed by atoms with E-state index in [4.69, 9.17) is 0 Å². The summed E-state index contributed by atoms with van der Waals surface area (Å²) in [4.78, 5) is 40.4. The number of aromatic nitrogens is 1. The molecule has 0 fully saturated rings. The fourth-order valence-electron chi connectivity index (χ4n) is 2.29. The Balaban J connectivity index is 1.53. The molecular weight excluding hydrogens is 398 g/mol. The number of methoxy groups -OCH3 is 1. The molecule has 0 aliphatic heterocycles. The molecule has 2 amide bonds. The van der Waals surface area contributed by atoms with Gasteiger partial charge >= 0.3 is 5.97 Å². The minimum absolute atomic E-state index is 0.0642. The number of rotatable bonds is 7. The zero-order valence-electron chi connectivity index (χ0n) is 14.9. The van der Waals surface area contributed by atoms with E-state index in [1.807, 2.05) is 11.4 Å². The molecule has 1 aromatic carbocycles. The molecule has 0 radical (unpaired) electrons. The van der Waals surface area contributed by atoms with Crippen LogP contribution in [-0.2, 0) is 22.5 Å². The van der Waals surface area contributed by atoms with Crippen LogP contribution in [0.3, 0.4) is 0 Å². The summed E-state index contributed by atoms with van der Waals surface area (Å²) in [5, 5.41) is 9.51. The first kappa shape index (κ1) is 19.7. The molecule has 0 aliphatic carbocycles. The number of hydrogen-bond donors (Lipinski definition) is 2. The van der Waals surface area contributed by atoms with E-state index in [9.17, 15) is 14.4 Å². The third kappa shape index (κ3) is 5.24. The van der Waals surface area contributed by atoms with Crippen molar-refractivity contribution in [1.82, 2.24) is 10.3 Å². The Morgan fingerprint density at radius 3 is 2.54 bits per heavy atom. The Labute approximate surface area is 169 Å². The summed E-state index contributed by atoms with van der Waals surface area (Å²) in [6.07, 6.45) is 0.0642. The minimum Gasteiger partial charge on any atom is -0.469 e. The number of carbonyl (C=O) groups excluding carboxylic acids is 3. The van der Waals surface area contributed by atoms with Crippen LogP contribution in [0.2, 0.25) is 0 Å². The van der Waals surface area contributed by atoms with Crippen molar-refractivity contribution in [1.29, 1.82) is 0 Å². The lowest BCUT2D eigenvalue weighted by atomic mass is 10.1. The number of nitrogens with zero attached hydrogens (tertiary/aromatic N) is 1. The molecule has 0 saturated heterocycles. The van der Waals surface area contributed by atoms with Gasteiger partial charge in [0.05, 0.1) is 24.1 Å². The van der Waals surface area contributed by atoms with E-state index in [1.165, 1.54) is 29.8 Å². The third-order valence-corrected chi connectivity index (χ3v) is 5.41. The molecular formula is C19H17N3O4S2. The monoisotopic (exact) mass is 415 g/mol. The maximum atomic E-state index is 12.3. The fraction of sp³-hybridized carbons (Fsp3) is 0.158. The smallest absolute Gasteiger partial charge is 0.311 e. The molecule has 9 heteroatoms. The molecule has 28 heavy (non-hydrogen) atoms. The van der Waals surface area contributed by atoms with Gasteiger partial charge in [-0.15, -0.1) is 22.7 Å². The van der Waals surface area contributed by atoms with Gasteiger partial charge in [-0.3, -0.25) is 19.7 Å². The summed E-state index contributed by atoms with van der Waals surface area (Å²) >= 11 is 2.62. The van der Waals surface area contributed by atoms with Gasteiger partial charge in [-0.1, -0.05) is 18.2 Å². The van der Waals surface area contributed by atoms with Crippen molar-refractivity contribution in [3.63, 3.8) is 0 Å². The zero-order chi connectivity index (χ0) is 19.9. The third-order valence-electron chi connectivity index (χ3n) is 3.74. The number of benzene rings is 1. The van der Waals surface area contributed by atoms with Gasteiger partial charge < -0.3 is 10.1 Å². The van der Waals surface area contributed by atoms with E-state index in [0.29, 0.717) is 27.8 Å². The van der Waals surface area contributed by atoms with Gasteiger partial charge in [0, 0.05) is 17.5 Å². The Hall–Kier alpha value is -3.04. The van der Waals surface area contributed by atoms with Gasteiger partial charge in [-0.2, -0.15) is 0 Å². The summed E-state index contributed by atoms with van der Waals surface area (Å²) in [6, 6.07) is 10.5.